The average molecular weight is 585 g/mol. The third-order valence-corrected chi connectivity index (χ3v) is 7.38. The Balaban J connectivity index is 1.44. The van der Waals surface area contributed by atoms with E-state index in [0.29, 0.717) is 5.71 Å². The van der Waals surface area contributed by atoms with E-state index >= 15 is 0 Å². The van der Waals surface area contributed by atoms with E-state index in [1.807, 2.05) is 54.7 Å². The Bertz CT molecular complexity index is 1620. The van der Waals surface area contributed by atoms with Crippen molar-refractivity contribution in [3.05, 3.63) is 82.5 Å². The molecule has 9 nitrogen and oxygen atoms in total. The van der Waals surface area contributed by atoms with Crippen LogP contribution in [0.25, 0.3) is 22.0 Å². The fourth-order valence-electron chi connectivity index (χ4n) is 5.11. The van der Waals surface area contributed by atoms with Gasteiger partial charge in [-0.2, -0.15) is 0 Å². The Morgan fingerprint density at radius 3 is 2.46 bits per heavy atom. The fourth-order valence-corrected chi connectivity index (χ4v) is 5.47. The lowest BCUT2D eigenvalue weighted by Gasteiger charge is -2.37. The summed E-state index contributed by atoms with van der Waals surface area (Å²) in [4.78, 5) is 43.1. The molecule has 1 fully saturated rings. The highest BCUT2D eigenvalue weighted by Crippen LogP contribution is 2.45. The molecule has 0 atom stereocenters. The van der Waals surface area contributed by atoms with Crippen molar-refractivity contribution in [3.63, 3.8) is 0 Å². The van der Waals surface area contributed by atoms with Crippen LogP contribution >= 0.6 is 15.9 Å². The number of carbonyl (C=O) groups is 2. The van der Waals surface area contributed by atoms with Crippen LogP contribution in [0.3, 0.4) is 0 Å². The van der Waals surface area contributed by atoms with E-state index in [1.165, 1.54) is 6.92 Å². The van der Waals surface area contributed by atoms with E-state index in [-0.39, 0.29) is 12.5 Å². The van der Waals surface area contributed by atoms with Crippen LogP contribution in [0.4, 0.5) is 11.6 Å². The van der Waals surface area contributed by atoms with E-state index in [4.69, 9.17) is 9.82 Å². The molecule has 0 unspecified atom stereocenters. The maximum atomic E-state index is 12.4. The molecular weight excluding hydrogens is 560 g/mol. The summed E-state index contributed by atoms with van der Waals surface area (Å²) in [6.45, 7) is 4.14. The number of amides is 1. The van der Waals surface area contributed by atoms with Crippen LogP contribution in [0.5, 0.6) is 0 Å². The molecule has 2 aliphatic rings. The zero-order valence-electron chi connectivity index (χ0n) is 21.2. The second-order valence-electron chi connectivity index (χ2n) is 9.37. The van der Waals surface area contributed by atoms with Crippen molar-refractivity contribution in [1.29, 1.82) is 0 Å². The highest BCUT2D eigenvalue weighted by molar-refractivity contribution is 9.10. The number of fused-ring (bicyclic) bond motifs is 5. The van der Waals surface area contributed by atoms with Gasteiger partial charge < -0.3 is 20.0 Å². The second-order valence-corrected chi connectivity index (χ2v) is 10.3. The van der Waals surface area contributed by atoms with Gasteiger partial charge in [-0.15, -0.1) is 0 Å². The van der Waals surface area contributed by atoms with Gasteiger partial charge in [0.05, 0.1) is 11.1 Å². The van der Waals surface area contributed by atoms with Gasteiger partial charge in [-0.25, -0.2) is 14.8 Å². The van der Waals surface area contributed by atoms with Crippen molar-refractivity contribution in [1.82, 2.24) is 15.3 Å². The highest BCUT2D eigenvalue weighted by atomic mass is 79.9. The summed E-state index contributed by atoms with van der Waals surface area (Å²) < 4.78 is 0.945. The molecule has 1 amide bonds. The van der Waals surface area contributed by atoms with E-state index in [0.717, 1.165) is 75.4 Å². The first-order valence-corrected chi connectivity index (χ1v) is 13.5. The molecule has 6 rings (SSSR count). The molecular formula is C29H25BrN6O3. The summed E-state index contributed by atoms with van der Waals surface area (Å²) in [5, 5.41) is 7.78. The Kier molecular flexibility index (Phi) is 6.70. The number of carbonyl (C=O) groups excluding carboxylic acids is 2. The van der Waals surface area contributed by atoms with Crippen molar-refractivity contribution >= 4 is 56.1 Å². The van der Waals surface area contributed by atoms with Crippen molar-refractivity contribution in [2.75, 3.05) is 42.5 Å². The van der Waals surface area contributed by atoms with Crippen LogP contribution in [-0.2, 0) is 14.4 Å². The monoisotopic (exact) mass is 584 g/mol. The Labute approximate surface area is 233 Å². The van der Waals surface area contributed by atoms with Crippen LogP contribution < -0.4 is 15.1 Å². The second kappa shape index (κ2) is 10.5. The lowest BCUT2D eigenvalue weighted by molar-refractivity contribution is -0.143. The maximum absolute atomic E-state index is 12.4. The van der Waals surface area contributed by atoms with E-state index < -0.39 is 5.97 Å². The summed E-state index contributed by atoms with van der Waals surface area (Å²) >= 11 is 3.61. The number of anilines is 2. The third-order valence-electron chi connectivity index (χ3n) is 6.89. The lowest BCUT2D eigenvalue weighted by atomic mass is 10.0. The minimum atomic E-state index is -0.648. The number of piperazine rings is 1. The minimum Gasteiger partial charge on any atom is -0.353 e. The number of nitrogens with one attached hydrogen (secondary N) is 1. The Morgan fingerprint density at radius 2 is 1.72 bits per heavy atom. The van der Waals surface area contributed by atoms with E-state index in [1.54, 1.807) is 0 Å². The number of oxime groups is 1. The smallest absolute Gasteiger partial charge is 0.353 e. The Morgan fingerprint density at radius 1 is 0.974 bits per heavy atom. The molecule has 0 spiro atoms. The molecule has 1 aliphatic carbocycles. The number of hydrogen-bond donors (Lipinski definition) is 1. The molecule has 1 saturated heterocycles. The summed E-state index contributed by atoms with van der Waals surface area (Å²) in [6.07, 6.45) is 1.81. The lowest BCUT2D eigenvalue weighted by Crippen LogP contribution is -2.47. The highest BCUT2D eigenvalue weighted by Gasteiger charge is 2.34. The predicted molar refractivity (Wildman–Crippen MR) is 154 cm³/mol. The summed E-state index contributed by atoms with van der Waals surface area (Å²) in [5.41, 5.74) is 5.13. The molecule has 0 radical (unpaired) electrons. The van der Waals surface area contributed by atoms with Gasteiger partial charge >= 0.3 is 5.97 Å². The topological polar surface area (TPSA) is 100 Å². The van der Waals surface area contributed by atoms with Gasteiger partial charge in [-0.1, -0.05) is 51.4 Å². The zero-order valence-corrected chi connectivity index (χ0v) is 22.8. The number of hydrogen-bond acceptors (Lipinski definition) is 8. The molecule has 10 heteroatoms. The number of halogens is 1. The average Bonchev–Trinajstić information content (AvgIpc) is 3.30. The normalized spacial score (nSPS) is 15.3. The van der Waals surface area contributed by atoms with Gasteiger partial charge in [0.2, 0.25) is 5.91 Å². The van der Waals surface area contributed by atoms with Crippen LogP contribution in [0.15, 0.2) is 76.5 Å². The van der Waals surface area contributed by atoms with Gasteiger partial charge in [0.25, 0.3) is 0 Å². The first-order valence-electron chi connectivity index (χ1n) is 12.7. The number of aromatic nitrogens is 2. The molecule has 3 heterocycles. The minimum absolute atomic E-state index is 0.258. The zero-order chi connectivity index (χ0) is 26.9. The molecule has 4 aromatic rings. The molecule has 2 aromatic carbocycles. The van der Waals surface area contributed by atoms with Crippen molar-refractivity contribution < 1.29 is 14.4 Å². The number of rotatable bonds is 5. The number of pyridine rings is 2. The van der Waals surface area contributed by atoms with E-state index in [9.17, 15) is 9.59 Å². The van der Waals surface area contributed by atoms with Crippen molar-refractivity contribution in [2.45, 2.75) is 6.92 Å². The molecule has 0 saturated carbocycles. The van der Waals surface area contributed by atoms with Crippen LogP contribution in [-0.4, -0.2) is 60.3 Å². The van der Waals surface area contributed by atoms with Gasteiger partial charge in [0.15, 0.2) is 0 Å². The molecule has 0 bridgehead atoms. The van der Waals surface area contributed by atoms with Gasteiger partial charge in [0, 0.05) is 60.3 Å². The number of nitrogens with zero attached hydrogens (tertiary/aromatic N) is 5. The standard InChI is InChI=1S/C29H25BrN6O3/c1-18(37)32-17-25(38)39-34-28-21-7-3-2-6-20(21)26-22-16-19(30)9-10-23(22)33-29(27(26)28)36-14-12-35(13-15-36)24-8-4-5-11-31-24/h2-11,16H,12-15,17H2,1H3,(H,32,37)/b34-28+. The van der Waals surface area contributed by atoms with Crippen LogP contribution in [0.2, 0.25) is 0 Å². The maximum Gasteiger partial charge on any atom is 0.353 e. The van der Waals surface area contributed by atoms with E-state index in [2.05, 4.69) is 53.3 Å². The summed E-state index contributed by atoms with van der Waals surface area (Å²) in [5.74, 6) is 0.794. The fraction of sp³-hybridized carbons (Fsp3) is 0.207. The quantitative estimate of drug-likeness (QED) is 0.245. The molecule has 1 aliphatic heterocycles. The summed E-state index contributed by atoms with van der Waals surface area (Å²) in [6, 6.07) is 20.0. The SMILES string of the molecule is CC(=O)NCC(=O)O/N=C1\c2ccccc2-c2c1c(N1CCN(c3ccccn3)CC1)nc1ccc(Br)cc21. The third kappa shape index (κ3) is 4.83. The predicted octanol–water partition coefficient (Wildman–Crippen LogP) is 4.13. The van der Waals surface area contributed by atoms with Crippen molar-refractivity contribution in [3.8, 4) is 11.1 Å². The van der Waals surface area contributed by atoms with Crippen molar-refractivity contribution in [2.24, 2.45) is 5.16 Å². The molecule has 2 aromatic heterocycles. The van der Waals surface area contributed by atoms with Crippen LogP contribution in [0.1, 0.15) is 18.1 Å². The van der Waals surface area contributed by atoms with Gasteiger partial charge in [0.1, 0.15) is 23.9 Å². The van der Waals surface area contributed by atoms with Crippen LogP contribution in [0, 0.1) is 0 Å². The first kappa shape index (κ1) is 25.0. The largest absolute Gasteiger partial charge is 0.353 e. The van der Waals surface area contributed by atoms with Gasteiger partial charge in [-0.05, 0) is 35.9 Å². The first-order chi connectivity index (χ1) is 19.0. The molecule has 39 heavy (non-hydrogen) atoms. The Hall–Kier alpha value is -4.31. The molecule has 1 N–H and O–H groups in total. The number of benzene rings is 2. The molecule has 196 valence electrons. The van der Waals surface area contributed by atoms with Gasteiger partial charge in [-0.3, -0.25) is 4.79 Å². The summed E-state index contributed by atoms with van der Waals surface area (Å²) in [7, 11) is 0.